The van der Waals surface area contributed by atoms with Crippen LogP contribution in [0.5, 0.6) is 5.75 Å². The summed E-state index contributed by atoms with van der Waals surface area (Å²) < 4.78 is 6.26. The van der Waals surface area contributed by atoms with Gasteiger partial charge in [-0.1, -0.05) is 42.5 Å². The Bertz CT molecular complexity index is 579. The van der Waals surface area contributed by atoms with Crippen molar-refractivity contribution in [2.75, 3.05) is 6.54 Å². The molecule has 2 atom stereocenters. The average molecular weight is 253 g/mol. The van der Waals surface area contributed by atoms with Gasteiger partial charge in [-0.25, -0.2) is 0 Å². The van der Waals surface area contributed by atoms with E-state index < -0.39 is 0 Å². The summed E-state index contributed by atoms with van der Waals surface area (Å²) in [6.07, 6.45) is 1.10. The number of nitrogens with two attached hydrogens (primary N) is 1. The van der Waals surface area contributed by atoms with E-state index in [0.717, 1.165) is 12.2 Å². The lowest BCUT2D eigenvalue weighted by atomic mass is 10.0. The van der Waals surface area contributed by atoms with Crippen molar-refractivity contribution in [2.45, 2.75) is 19.4 Å². The molecule has 3 rings (SSSR count). The third-order valence-electron chi connectivity index (χ3n) is 3.92. The van der Waals surface area contributed by atoms with Gasteiger partial charge in [0, 0.05) is 5.92 Å². The molecule has 2 aromatic carbocycles. The maximum atomic E-state index is 6.26. The minimum Gasteiger partial charge on any atom is -0.485 e. The number of hydrogen-bond acceptors (Lipinski definition) is 2. The topological polar surface area (TPSA) is 35.2 Å². The van der Waals surface area contributed by atoms with E-state index in [0.29, 0.717) is 12.5 Å². The highest BCUT2D eigenvalue weighted by Gasteiger charge is 2.33. The fraction of sp³-hybridized carbons (Fsp3) is 0.294. The highest BCUT2D eigenvalue weighted by Crippen LogP contribution is 2.39. The van der Waals surface area contributed by atoms with Crippen LogP contribution in [0, 0.1) is 12.8 Å². The highest BCUT2D eigenvalue weighted by atomic mass is 16.5. The molecule has 2 N–H and O–H groups in total. The van der Waals surface area contributed by atoms with Crippen LogP contribution in [0.25, 0.3) is 0 Å². The SMILES string of the molecule is Cc1ccccc1OC1c2ccccc2CC1CN. The molecule has 0 saturated carbocycles. The summed E-state index contributed by atoms with van der Waals surface area (Å²) in [6, 6.07) is 16.7. The van der Waals surface area contributed by atoms with Crippen molar-refractivity contribution in [3.05, 3.63) is 65.2 Å². The van der Waals surface area contributed by atoms with Crippen molar-refractivity contribution in [3.8, 4) is 5.75 Å². The molecule has 1 aliphatic rings. The number of benzene rings is 2. The Balaban J connectivity index is 1.93. The molecule has 2 heteroatoms. The second-order valence-electron chi connectivity index (χ2n) is 5.20. The van der Waals surface area contributed by atoms with Crippen molar-refractivity contribution in [1.82, 2.24) is 0 Å². The lowest BCUT2D eigenvalue weighted by Gasteiger charge is -2.22. The van der Waals surface area contributed by atoms with Gasteiger partial charge in [0.05, 0.1) is 0 Å². The van der Waals surface area contributed by atoms with E-state index in [4.69, 9.17) is 10.5 Å². The van der Waals surface area contributed by atoms with E-state index >= 15 is 0 Å². The predicted molar refractivity (Wildman–Crippen MR) is 77.2 cm³/mol. The minimum absolute atomic E-state index is 0.0855. The van der Waals surface area contributed by atoms with Gasteiger partial charge in [-0.2, -0.15) is 0 Å². The quantitative estimate of drug-likeness (QED) is 0.911. The number of para-hydroxylation sites is 1. The fourth-order valence-corrected chi connectivity index (χ4v) is 2.83. The van der Waals surface area contributed by atoms with Crippen LogP contribution in [-0.4, -0.2) is 6.54 Å². The van der Waals surface area contributed by atoms with E-state index in [1.165, 1.54) is 16.7 Å². The maximum Gasteiger partial charge on any atom is 0.128 e. The van der Waals surface area contributed by atoms with Gasteiger partial charge in [-0.15, -0.1) is 0 Å². The van der Waals surface area contributed by atoms with Crippen molar-refractivity contribution in [3.63, 3.8) is 0 Å². The Labute approximate surface area is 114 Å². The Morgan fingerprint density at radius 3 is 2.63 bits per heavy atom. The summed E-state index contributed by atoms with van der Waals surface area (Å²) in [5.74, 6) is 1.33. The molecule has 2 nitrogen and oxygen atoms in total. The minimum atomic E-state index is 0.0855. The summed E-state index contributed by atoms with van der Waals surface area (Å²) in [5.41, 5.74) is 9.75. The van der Waals surface area contributed by atoms with E-state index in [-0.39, 0.29) is 6.10 Å². The molecule has 0 saturated heterocycles. The summed E-state index contributed by atoms with van der Waals surface area (Å²) in [4.78, 5) is 0. The Hall–Kier alpha value is -1.80. The second-order valence-corrected chi connectivity index (χ2v) is 5.20. The fourth-order valence-electron chi connectivity index (χ4n) is 2.83. The zero-order valence-corrected chi connectivity index (χ0v) is 11.2. The van der Waals surface area contributed by atoms with Crippen LogP contribution in [-0.2, 0) is 6.42 Å². The number of ether oxygens (including phenoxy) is 1. The Morgan fingerprint density at radius 1 is 1.11 bits per heavy atom. The van der Waals surface area contributed by atoms with Gasteiger partial charge in [0.25, 0.3) is 0 Å². The van der Waals surface area contributed by atoms with Crippen LogP contribution in [0.3, 0.4) is 0 Å². The molecule has 0 fully saturated rings. The number of hydrogen-bond donors (Lipinski definition) is 1. The maximum absolute atomic E-state index is 6.26. The van der Waals surface area contributed by atoms with Crippen LogP contribution in [0.15, 0.2) is 48.5 Å². The number of aryl methyl sites for hydroxylation is 1. The second kappa shape index (κ2) is 5.06. The lowest BCUT2D eigenvalue weighted by molar-refractivity contribution is 0.152. The van der Waals surface area contributed by atoms with Crippen molar-refractivity contribution in [1.29, 1.82) is 0 Å². The van der Waals surface area contributed by atoms with Gasteiger partial charge in [0.2, 0.25) is 0 Å². The molecule has 2 unspecified atom stereocenters. The molecule has 2 aromatic rings. The van der Waals surface area contributed by atoms with Crippen molar-refractivity contribution < 1.29 is 4.74 Å². The van der Waals surface area contributed by atoms with Crippen molar-refractivity contribution >= 4 is 0 Å². The van der Waals surface area contributed by atoms with Crippen LogP contribution < -0.4 is 10.5 Å². The summed E-state index contributed by atoms with van der Waals surface area (Å²) in [6.45, 7) is 2.73. The first-order valence-electron chi connectivity index (χ1n) is 6.79. The van der Waals surface area contributed by atoms with Crippen molar-refractivity contribution in [2.24, 2.45) is 11.7 Å². The van der Waals surface area contributed by atoms with E-state index in [1.54, 1.807) is 0 Å². The van der Waals surface area contributed by atoms with Crippen LogP contribution >= 0.6 is 0 Å². The smallest absolute Gasteiger partial charge is 0.128 e. The van der Waals surface area contributed by atoms with Gasteiger partial charge in [0.15, 0.2) is 0 Å². The molecule has 0 aliphatic heterocycles. The molecule has 0 radical (unpaired) electrons. The first kappa shape index (κ1) is 12.2. The molecule has 1 aliphatic carbocycles. The Kier molecular flexibility index (Phi) is 3.26. The molecular weight excluding hydrogens is 234 g/mol. The Morgan fingerprint density at radius 2 is 1.84 bits per heavy atom. The summed E-state index contributed by atoms with van der Waals surface area (Å²) in [7, 11) is 0. The number of fused-ring (bicyclic) bond motifs is 1. The van der Waals surface area contributed by atoms with Gasteiger partial charge >= 0.3 is 0 Å². The first-order valence-corrected chi connectivity index (χ1v) is 6.79. The summed E-state index contributed by atoms with van der Waals surface area (Å²) in [5, 5.41) is 0. The van der Waals surface area contributed by atoms with E-state index in [1.807, 2.05) is 18.2 Å². The third-order valence-corrected chi connectivity index (χ3v) is 3.92. The largest absolute Gasteiger partial charge is 0.485 e. The highest BCUT2D eigenvalue weighted by molar-refractivity contribution is 5.38. The monoisotopic (exact) mass is 253 g/mol. The third kappa shape index (κ3) is 2.24. The van der Waals surface area contributed by atoms with Crippen LogP contribution in [0.1, 0.15) is 22.8 Å². The lowest BCUT2D eigenvalue weighted by Crippen LogP contribution is -2.22. The molecular formula is C17H19NO. The van der Waals surface area contributed by atoms with E-state index in [9.17, 15) is 0 Å². The molecule has 98 valence electrons. The molecule has 0 spiro atoms. The molecule has 0 amide bonds. The average Bonchev–Trinajstić information content (AvgIpc) is 2.79. The summed E-state index contributed by atoms with van der Waals surface area (Å²) >= 11 is 0. The van der Waals surface area contributed by atoms with Crippen LogP contribution in [0.4, 0.5) is 0 Å². The number of rotatable bonds is 3. The van der Waals surface area contributed by atoms with Gasteiger partial charge in [0.1, 0.15) is 11.9 Å². The normalized spacial score (nSPS) is 21.2. The first-order chi connectivity index (χ1) is 9.29. The van der Waals surface area contributed by atoms with Gasteiger partial charge in [-0.3, -0.25) is 0 Å². The van der Waals surface area contributed by atoms with Gasteiger partial charge in [-0.05, 0) is 42.6 Å². The molecule has 19 heavy (non-hydrogen) atoms. The standard InChI is InChI=1S/C17H19NO/c1-12-6-2-5-9-16(12)19-17-14(11-18)10-13-7-3-4-8-15(13)17/h2-9,14,17H,10-11,18H2,1H3. The predicted octanol–water partition coefficient (Wildman–Crippen LogP) is 3.25. The molecule has 0 heterocycles. The zero-order valence-electron chi connectivity index (χ0n) is 11.2. The van der Waals surface area contributed by atoms with Crippen LogP contribution in [0.2, 0.25) is 0 Å². The molecule has 0 bridgehead atoms. The van der Waals surface area contributed by atoms with Gasteiger partial charge < -0.3 is 10.5 Å². The zero-order chi connectivity index (χ0) is 13.2. The molecule has 0 aromatic heterocycles. The van der Waals surface area contributed by atoms with E-state index in [2.05, 4.69) is 37.3 Å².